The van der Waals surface area contributed by atoms with Gasteiger partial charge in [0.05, 0.1) is 22.2 Å². The number of methoxy groups -OCH3 is 1. The average Bonchev–Trinajstić information content (AvgIpc) is 2.29. The van der Waals surface area contributed by atoms with Gasteiger partial charge >= 0.3 is 0 Å². The molecule has 0 atom stereocenters. The first-order chi connectivity index (χ1) is 7.97. The van der Waals surface area contributed by atoms with Crippen LogP contribution in [0.2, 0.25) is 10.0 Å². The molecular weight excluding hydrogens is 263 g/mol. The zero-order valence-corrected chi connectivity index (χ0v) is 11.2. The van der Waals surface area contributed by atoms with Crippen LogP contribution in [-0.4, -0.2) is 38.1 Å². The fourth-order valence-corrected chi connectivity index (χ4v) is 1.72. The van der Waals surface area contributed by atoms with E-state index in [4.69, 9.17) is 33.7 Å². The summed E-state index contributed by atoms with van der Waals surface area (Å²) in [5.41, 5.74) is 6.33. The van der Waals surface area contributed by atoms with E-state index in [0.717, 1.165) is 0 Å². The molecule has 0 radical (unpaired) electrons. The van der Waals surface area contributed by atoms with E-state index in [9.17, 15) is 4.79 Å². The lowest BCUT2D eigenvalue weighted by Crippen LogP contribution is -2.30. The summed E-state index contributed by atoms with van der Waals surface area (Å²) in [6.07, 6.45) is 0. The Kier molecular flexibility index (Phi) is 5.05. The number of benzene rings is 1. The van der Waals surface area contributed by atoms with Crippen molar-refractivity contribution in [2.75, 3.05) is 33.0 Å². The summed E-state index contributed by atoms with van der Waals surface area (Å²) in [7, 11) is 3.23. The molecule has 1 amide bonds. The van der Waals surface area contributed by atoms with Gasteiger partial charge in [0, 0.05) is 26.4 Å². The van der Waals surface area contributed by atoms with Gasteiger partial charge in [-0.05, 0) is 12.1 Å². The second-order valence-corrected chi connectivity index (χ2v) is 4.37. The van der Waals surface area contributed by atoms with Gasteiger partial charge in [-0.1, -0.05) is 23.2 Å². The van der Waals surface area contributed by atoms with Crippen LogP contribution < -0.4 is 5.73 Å². The number of hydrogen-bond acceptors (Lipinski definition) is 3. The highest BCUT2D eigenvalue weighted by atomic mass is 35.5. The predicted molar refractivity (Wildman–Crippen MR) is 69.7 cm³/mol. The van der Waals surface area contributed by atoms with E-state index in [1.54, 1.807) is 14.2 Å². The van der Waals surface area contributed by atoms with Gasteiger partial charge in [-0.2, -0.15) is 0 Å². The number of carbonyl (C=O) groups excluding carboxylic acids is 1. The summed E-state index contributed by atoms with van der Waals surface area (Å²) in [5, 5.41) is 0.491. The predicted octanol–water partition coefficient (Wildman–Crippen LogP) is 2.29. The summed E-state index contributed by atoms with van der Waals surface area (Å²) in [5.74, 6) is -0.235. The summed E-state index contributed by atoms with van der Waals surface area (Å²) >= 11 is 11.8. The third-order valence-electron chi connectivity index (χ3n) is 2.26. The molecule has 6 heteroatoms. The van der Waals surface area contributed by atoms with Gasteiger partial charge in [0.25, 0.3) is 5.91 Å². The zero-order chi connectivity index (χ0) is 13.0. The average molecular weight is 277 g/mol. The quantitative estimate of drug-likeness (QED) is 0.859. The second-order valence-electron chi connectivity index (χ2n) is 3.58. The highest BCUT2D eigenvalue weighted by molar-refractivity contribution is 6.44. The SMILES string of the molecule is COCCN(C)C(=O)c1cc(N)cc(Cl)c1Cl. The van der Waals surface area contributed by atoms with Gasteiger partial charge in [0.2, 0.25) is 0 Å². The third kappa shape index (κ3) is 3.49. The summed E-state index contributed by atoms with van der Waals surface area (Å²) < 4.78 is 4.90. The molecule has 0 saturated carbocycles. The molecule has 2 N–H and O–H groups in total. The molecule has 4 nitrogen and oxygen atoms in total. The molecule has 0 spiro atoms. The largest absolute Gasteiger partial charge is 0.399 e. The van der Waals surface area contributed by atoms with E-state index in [1.807, 2.05) is 0 Å². The fraction of sp³-hybridized carbons (Fsp3) is 0.364. The zero-order valence-electron chi connectivity index (χ0n) is 9.67. The maximum atomic E-state index is 12.0. The molecule has 0 aliphatic heterocycles. The standard InChI is InChI=1S/C11H14Cl2N2O2/c1-15(3-4-17-2)11(16)8-5-7(14)6-9(12)10(8)13/h5-6H,3-4,14H2,1-2H3. The minimum Gasteiger partial charge on any atom is -0.399 e. The van der Waals surface area contributed by atoms with Crippen molar-refractivity contribution in [2.24, 2.45) is 0 Å². The number of hydrogen-bond donors (Lipinski definition) is 1. The molecule has 0 unspecified atom stereocenters. The third-order valence-corrected chi connectivity index (χ3v) is 3.06. The van der Waals surface area contributed by atoms with Crippen LogP contribution in [0.5, 0.6) is 0 Å². The summed E-state index contributed by atoms with van der Waals surface area (Å²) in [4.78, 5) is 13.5. The Morgan fingerprint density at radius 2 is 2.12 bits per heavy atom. The maximum absolute atomic E-state index is 12.0. The van der Waals surface area contributed by atoms with E-state index < -0.39 is 0 Å². The minimum absolute atomic E-state index is 0.218. The van der Waals surface area contributed by atoms with Crippen LogP contribution in [0.1, 0.15) is 10.4 Å². The highest BCUT2D eigenvalue weighted by Crippen LogP contribution is 2.29. The topological polar surface area (TPSA) is 55.6 Å². The number of amides is 1. The van der Waals surface area contributed by atoms with E-state index in [2.05, 4.69) is 0 Å². The number of halogens is 2. The number of nitrogens with zero attached hydrogens (tertiary/aromatic N) is 1. The number of nitrogens with two attached hydrogens (primary N) is 1. The fourth-order valence-electron chi connectivity index (χ4n) is 1.30. The Labute approximate surface area is 110 Å². The number of anilines is 1. The van der Waals surface area contributed by atoms with Crippen molar-refractivity contribution in [3.05, 3.63) is 27.7 Å². The molecule has 1 aromatic carbocycles. The maximum Gasteiger partial charge on any atom is 0.255 e. The smallest absolute Gasteiger partial charge is 0.255 e. The second kappa shape index (κ2) is 6.10. The molecule has 0 aromatic heterocycles. The molecule has 17 heavy (non-hydrogen) atoms. The number of nitrogen functional groups attached to an aromatic ring is 1. The van der Waals surface area contributed by atoms with Crippen molar-refractivity contribution in [3.63, 3.8) is 0 Å². The van der Waals surface area contributed by atoms with Crippen LogP contribution in [0.25, 0.3) is 0 Å². The molecule has 0 saturated heterocycles. The van der Waals surface area contributed by atoms with Gasteiger partial charge in [-0.3, -0.25) is 4.79 Å². The first-order valence-electron chi connectivity index (χ1n) is 4.96. The molecule has 1 aromatic rings. The Bertz CT molecular complexity index is 424. The van der Waals surface area contributed by atoms with Crippen LogP contribution in [0.3, 0.4) is 0 Å². The van der Waals surface area contributed by atoms with Crippen LogP contribution in [0.15, 0.2) is 12.1 Å². The Morgan fingerprint density at radius 3 is 2.71 bits per heavy atom. The number of likely N-dealkylation sites (N-methyl/N-ethyl adjacent to an activating group) is 1. The van der Waals surface area contributed by atoms with Crippen molar-refractivity contribution in [3.8, 4) is 0 Å². The van der Waals surface area contributed by atoms with Gasteiger partial charge in [-0.25, -0.2) is 0 Å². The monoisotopic (exact) mass is 276 g/mol. The number of rotatable bonds is 4. The highest BCUT2D eigenvalue weighted by Gasteiger charge is 2.17. The van der Waals surface area contributed by atoms with E-state index in [1.165, 1.54) is 17.0 Å². The molecule has 94 valence electrons. The number of ether oxygens (including phenoxy) is 1. The van der Waals surface area contributed by atoms with Gasteiger partial charge in [0.15, 0.2) is 0 Å². The van der Waals surface area contributed by atoms with Crippen molar-refractivity contribution >= 4 is 34.8 Å². The van der Waals surface area contributed by atoms with E-state index in [0.29, 0.717) is 24.4 Å². The molecule has 0 aliphatic rings. The minimum atomic E-state index is -0.235. The van der Waals surface area contributed by atoms with E-state index in [-0.39, 0.29) is 16.0 Å². The lowest BCUT2D eigenvalue weighted by molar-refractivity contribution is 0.0744. The lowest BCUT2D eigenvalue weighted by atomic mass is 10.1. The van der Waals surface area contributed by atoms with Crippen molar-refractivity contribution in [1.82, 2.24) is 4.90 Å². The van der Waals surface area contributed by atoms with Crippen LogP contribution in [0, 0.1) is 0 Å². The van der Waals surface area contributed by atoms with Crippen LogP contribution in [-0.2, 0) is 4.74 Å². The van der Waals surface area contributed by atoms with Crippen molar-refractivity contribution in [2.45, 2.75) is 0 Å². The normalized spacial score (nSPS) is 10.4. The summed E-state index contributed by atoms with van der Waals surface area (Å²) in [6.45, 7) is 0.925. The lowest BCUT2D eigenvalue weighted by Gasteiger charge is -2.18. The molecule has 1 rings (SSSR count). The first-order valence-corrected chi connectivity index (χ1v) is 5.72. The molecule has 0 fully saturated rings. The molecule has 0 heterocycles. The van der Waals surface area contributed by atoms with Gasteiger partial charge in [0.1, 0.15) is 0 Å². The van der Waals surface area contributed by atoms with Crippen molar-refractivity contribution in [1.29, 1.82) is 0 Å². The van der Waals surface area contributed by atoms with Gasteiger partial charge < -0.3 is 15.4 Å². The molecule has 0 aliphatic carbocycles. The molecular formula is C11H14Cl2N2O2. The van der Waals surface area contributed by atoms with Gasteiger partial charge in [-0.15, -0.1) is 0 Å². The van der Waals surface area contributed by atoms with Crippen LogP contribution >= 0.6 is 23.2 Å². The Balaban J connectivity index is 2.96. The van der Waals surface area contributed by atoms with Crippen molar-refractivity contribution < 1.29 is 9.53 Å². The van der Waals surface area contributed by atoms with Crippen LogP contribution in [0.4, 0.5) is 5.69 Å². The summed E-state index contributed by atoms with van der Waals surface area (Å²) in [6, 6.07) is 3.02. The van der Waals surface area contributed by atoms with E-state index >= 15 is 0 Å². The Morgan fingerprint density at radius 1 is 1.47 bits per heavy atom. The Hall–Kier alpha value is -0.970. The molecule has 0 bridgehead atoms. The number of carbonyl (C=O) groups is 1. The first kappa shape index (κ1) is 14.1.